The van der Waals surface area contributed by atoms with Crippen molar-refractivity contribution >= 4 is 11.4 Å². The van der Waals surface area contributed by atoms with Gasteiger partial charge in [0.1, 0.15) is 5.75 Å². The summed E-state index contributed by atoms with van der Waals surface area (Å²) in [4.78, 5) is 0. The maximum Gasteiger partial charge on any atom is 0.122 e. The molecular formula is C19H24N2O. The van der Waals surface area contributed by atoms with E-state index in [0.29, 0.717) is 0 Å². The lowest BCUT2D eigenvalue weighted by atomic mass is 10.2. The number of rotatable bonds is 8. The molecule has 0 spiro atoms. The summed E-state index contributed by atoms with van der Waals surface area (Å²) in [6.45, 7) is 5.04. The van der Waals surface area contributed by atoms with Crippen LogP contribution in [0.2, 0.25) is 0 Å². The van der Waals surface area contributed by atoms with Gasteiger partial charge in [-0.15, -0.1) is 0 Å². The van der Waals surface area contributed by atoms with Crippen molar-refractivity contribution in [3.05, 3.63) is 54.1 Å². The number of benzene rings is 2. The number of azo groups is 1. The predicted molar refractivity (Wildman–Crippen MR) is 91.4 cm³/mol. The molecule has 0 atom stereocenters. The van der Waals surface area contributed by atoms with Crippen LogP contribution in [0.4, 0.5) is 11.4 Å². The van der Waals surface area contributed by atoms with Crippen molar-refractivity contribution in [1.82, 2.24) is 0 Å². The van der Waals surface area contributed by atoms with Crippen molar-refractivity contribution in [2.75, 3.05) is 6.61 Å². The van der Waals surface area contributed by atoms with Gasteiger partial charge in [0, 0.05) is 0 Å². The molecule has 0 unspecified atom stereocenters. The van der Waals surface area contributed by atoms with Crippen molar-refractivity contribution in [2.45, 2.75) is 39.5 Å². The Labute approximate surface area is 133 Å². The third-order valence-electron chi connectivity index (χ3n) is 3.45. The molecule has 3 nitrogen and oxygen atoms in total. The molecule has 0 aliphatic rings. The second-order valence-corrected chi connectivity index (χ2v) is 5.39. The van der Waals surface area contributed by atoms with Gasteiger partial charge in [0.15, 0.2) is 0 Å². The summed E-state index contributed by atoms with van der Waals surface area (Å²) >= 11 is 0. The predicted octanol–water partition coefficient (Wildman–Crippen LogP) is 6.37. The molecule has 0 heterocycles. The minimum Gasteiger partial charge on any atom is -0.493 e. The number of hydrogen-bond acceptors (Lipinski definition) is 3. The van der Waals surface area contributed by atoms with Crippen LogP contribution in [-0.4, -0.2) is 6.61 Å². The molecule has 0 N–H and O–H groups in total. The van der Waals surface area contributed by atoms with Crippen LogP contribution in [0, 0.1) is 6.92 Å². The van der Waals surface area contributed by atoms with Crippen molar-refractivity contribution in [1.29, 1.82) is 0 Å². The van der Waals surface area contributed by atoms with E-state index in [0.717, 1.165) is 35.7 Å². The summed E-state index contributed by atoms with van der Waals surface area (Å²) in [7, 11) is 0. The summed E-state index contributed by atoms with van der Waals surface area (Å²) in [5.74, 6) is 0.940. The monoisotopic (exact) mass is 296 g/mol. The lowest BCUT2D eigenvalue weighted by Gasteiger charge is -2.09. The average Bonchev–Trinajstić information content (AvgIpc) is 2.55. The molecule has 0 fully saturated rings. The number of ether oxygens (including phenoxy) is 1. The van der Waals surface area contributed by atoms with Gasteiger partial charge >= 0.3 is 0 Å². The van der Waals surface area contributed by atoms with E-state index in [1.54, 1.807) is 0 Å². The molecule has 0 aromatic heterocycles. The average molecular weight is 296 g/mol. The first-order valence-electron chi connectivity index (χ1n) is 8.00. The summed E-state index contributed by atoms with van der Waals surface area (Å²) < 4.78 is 5.83. The first-order valence-corrected chi connectivity index (χ1v) is 8.00. The number of hydrogen-bond donors (Lipinski definition) is 0. The molecule has 2 aromatic rings. The fourth-order valence-electron chi connectivity index (χ4n) is 2.18. The van der Waals surface area contributed by atoms with Gasteiger partial charge in [-0.1, -0.05) is 44.4 Å². The molecule has 3 heteroatoms. The summed E-state index contributed by atoms with van der Waals surface area (Å²) in [5, 5.41) is 8.50. The zero-order chi connectivity index (χ0) is 15.6. The van der Waals surface area contributed by atoms with Gasteiger partial charge in [0.05, 0.1) is 18.0 Å². The molecule has 0 bridgehead atoms. The van der Waals surface area contributed by atoms with Gasteiger partial charge in [-0.3, -0.25) is 0 Å². The summed E-state index contributed by atoms with van der Waals surface area (Å²) in [6.07, 6.45) is 4.88. The first kappa shape index (κ1) is 16.2. The standard InChI is InChI=1S/C19H24N2O/c1-3-4-5-9-14-22-19-13-12-18(15-16(19)2)21-20-17-10-7-6-8-11-17/h6-8,10-13,15H,3-5,9,14H2,1-2H3/b21-20+. The van der Waals surface area contributed by atoms with Gasteiger partial charge in [0.2, 0.25) is 0 Å². The smallest absolute Gasteiger partial charge is 0.122 e. The van der Waals surface area contributed by atoms with Gasteiger partial charge in [-0.2, -0.15) is 10.2 Å². The quantitative estimate of drug-likeness (QED) is 0.411. The Balaban J connectivity index is 1.90. The molecule has 116 valence electrons. The van der Waals surface area contributed by atoms with E-state index in [2.05, 4.69) is 17.2 Å². The second-order valence-electron chi connectivity index (χ2n) is 5.39. The number of nitrogens with zero attached hydrogens (tertiary/aromatic N) is 2. The van der Waals surface area contributed by atoms with Crippen LogP contribution < -0.4 is 4.74 Å². The molecule has 0 aliphatic carbocycles. The van der Waals surface area contributed by atoms with E-state index in [9.17, 15) is 0 Å². The highest BCUT2D eigenvalue weighted by Crippen LogP contribution is 2.25. The minimum absolute atomic E-state index is 0.783. The first-order chi connectivity index (χ1) is 10.8. The second kappa shape index (κ2) is 8.98. The van der Waals surface area contributed by atoms with E-state index >= 15 is 0 Å². The van der Waals surface area contributed by atoms with Crippen molar-refractivity contribution in [3.63, 3.8) is 0 Å². The molecule has 22 heavy (non-hydrogen) atoms. The Kier molecular flexibility index (Phi) is 6.62. The van der Waals surface area contributed by atoms with Crippen molar-refractivity contribution < 1.29 is 4.74 Å². The normalized spacial score (nSPS) is 11.0. The molecule has 2 rings (SSSR count). The lowest BCUT2D eigenvalue weighted by molar-refractivity contribution is 0.303. The molecule has 0 saturated carbocycles. The van der Waals surface area contributed by atoms with E-state index in [4.69, 9.17) is 4.74 Å². The highest BCUT2D eigenvalue weighted by molar-refractivity contribution is 5.47. The summed E-state index contributed by atoms with van der Waals surface area (Å²) in [5.41, 5.74) is 2.80. The fourth-order valence-corrected chi connectivity index (χ4v) is 2.18. The van der Waals surface area contributed by atoms with Gasteiger partial charge in [-0.05, 0) is 49.2 Å². The van der Waals surface area contributed by atoms with Gasteiger partial charge in [0.25, 0.3) is 0 Å². The van der Waals surface area contributed by atoms with Crippen LogP contribution in [0.3, 0.4) is 0 Å². The maximum atomic E-state index is 5.83. The summed E-state index contributed by atoms with van der Waals surface area (Å²) in [6, 6.07) is 15.7. The Bertz CT molecular complexity index is 594. The SMILES string of the molecule is CCCCCCOc1ccc(/N=N/c2ccccc2)cc1C. The van der Waals surface area contributed by atoms with Crippen LogP contribution in [0.25, 0.3) is 0 Å². The molecular weight excluding hydrogens is 272 g/mol. The largest absolute Gasteiger partial charge is 0.493 e. The van der Waals surface area contributed by atoms with Crippen LogP contribution in [0.15, 0.2) is 58.8 Å². The highest BCUT2D eigenvalue weighted by Gasteiger charge is 2.01. The Morgan fingerprint density at radius 1 is 0.864 bits per heavy atom. The Morgan fingerprint density at radius 3 is 2.36 bits per heavy atom. The third-order valence-corrected chi connectivity index (χ3v) is 3.45. The molecule has 0 saturated heterocycles. The highest BCUT2D eigenvalue weighted by atomic mass is 16.5. The van der Waals surface area contributed by atoms with E-state index < -0.39 is 0 Å². The lowest BCUT2D eigenvalue weighted by Crippen LogP contribution is -1.98. The molecule has 0 amide bonds. The van der Waals surface area contributed by atoms with E-state index in [1.807, 2.05) is 55.5 Å². The Hall–Kier alpha value is -2.16. The van der Waals surface area contributed by atoms with Crippen LogP contribution in [-0.2, 0) is 0 Å². The van der Waals surface area contributed by atoms with E-state index in [-0.39, 0.29) is 0 Å². The van der Waals surface area contributed by atoms with Crippen LogP contribution in [0.1, 0.15) is 38.2 Å². The fraction of sp³-hybridized carbons (Fsp3) is 0.368. The van der Waals surface area contributed by atoms with E-state index in [1.165, 1.54) is 19.3 Å². The minimum atomic E-state index is 0.783. The van der Waals surface area contributed by atoms with Crippen LogP contribution in [0.5, 0.6) is 5.75 Å². The topological polar surface area (TPSA) is 34.0 Å². The third kappa shape index (κ3) is 5.32. The molecule has 0 radical (unpaired) electrons. The molecule has 0 aliphatic heterocycles. The molecule has 2 aromatic carbocycles. The van der Waals surface area contributed by atoms with Crippen molar-refractivity contribution in [3.8, 4) is 5.75 Å². The number of unbranched alkanes of at least 4 members (excludes halogenated alkanes) is 3. The number of aryl methyl sites for hydroxylation is 1. The van der Waals surface area contributed by atoms with Gasteiger partial charge in [-0.25, -0.2) is 0 Å². The van der Waals surface area contributed by atoms with Crippen LogP contribution >= 0.6 is 0 Å². The van der Waals surface area contributed by atoms with Gasteiger partial charge < -0.3 is 4.74 Å². The zero-order valence-corrected chi connectivity index (χ0v) is 13.5. The zero-order valence-electron chi connectivity index (χ0n) is 13.5. The Morgan fingerprint density at radius 2 is 1.64 bits per heavy atom. The maximum absolute atomic E-state index is 5.83. The van der Waals surface area contributed by atoms with Crippen molar-refractivity contribution in [2.24, 2.45) is 10.2 Å².